The molecule has 1 N–H and O–H groups in total. The standard InChI is InChI=1S/C20H26N4.HI/c1-16-8-9-17(14-23-16)10-12-22-20(21-2)24-13-11-19(15-24)18-6-4-3-5-7-18;/h3-9,14,19H,10-13,15H2,1-2H3,(H,21,22);1H. The summed E-state index contributed by atoms with van der Waals surface area (Å²) in [4.78, 5) is 11.2. The first-order chi connectivity index (χ1) is 11.8. The van der Waals surface area contributed by atoms with Gasteiger partial charge in [0, 0.05) is 44.5 Å². The van der Waals surface area contributed by atoms with Crippen molar-refractivity contribution < 1.29 is 0 Å². The highest BCUT2D eigenvalue weighted by molar-refractivity contribution is 14.0. The lowest BCUT2D eigenvalue weighted by Crippen LogP contribution is -2.40. The molecule has 0 spiro atoms. The molecule has 3 rings (SSSR count). The van der Waals surface area contributed by atoms with Crippen LogP contribution in [0.15, 0.2) is 53.7 Å². The third-order valence-electron chi connectivity index (χ3n) is 4.64. The molecule has 1 aliphatic heterocycles. The van der Waals surface area contributed by atoms with E-state index < -0.39 is 0 Å². The van der Waals surface area contributed by atoms with Gasteiger partial charge in [0.2, 0.25) is 0 Å². The highest BCUT2D eigenvalue weighted by Crippen LogP contribution is 2.26. The molecule has 2 heterocycles. The van der Waals surface area contributed by atoms with Gasteiger partial charge in [-0.15, -0.1) is 24.0 Å². The molecule has 1 unspecified atom stereocenters. The molecule has 1 saturated heterocycles. The molecule has 2 aromatic rings. The normalized spacial score (nSPS) is 17.3. The molecule has 0 aliphatic carbocycles. The summed E-state index contributed by atoms with van der Waals surface area (Å²) in [7, 11) is 1.87. The topological polar surface area (TPSA) is 40.5 Å². The molecule has 4 nitrogen and oxygen atoms in total. The highest BCUT2D eigenvalue weighted by atomic mass is 127. The highest BCUT2D eigenvalue weighted by Gasteiger charge is 2.25. The van der Waals surface area contributed by atoms with E-state index in [-0.39, 0.29) is 24.0 Å². The van der Waals surface area contributed by atoms with Gasteiger partial charge in [-0.1, -0.05) is 36.4 Å². The number of guanidine groups is 1. The Hall–Kier alpha value is -1.63. The largest absolute Gasteiger partial charge is 0.356 e. The molecule has 25 heavy (non-hydrogen) atoms. The molecule has 0 bridgehead atoms. The number of rotatable bonds is 4. The van der Waals surface area contributed by atoms with Crippen LogP contribution < -0.4 is 5.32 Å². The van der Waals surface area contributed by atoms with Crippen molar-refractivity contribution in [3.8, 4) is 0 Å². The van der Waals surface area contributed by atoms with Crippen molar-refractivity contribution in [2.24, 2.45) is 4.99 Å². The number of hydrogen-bond donors (Lipinski definition) is 1. The van der Waals surface area contributed by atoms with Crippen molar-refractivity contribution in [3.63, 3.8) is 0 Å². The summed E-state index contributed by atoms with van der Waals surface area (Å²) in [5.74, 6) is 1.61. The van der Waals surface area contributed by atoms with Crippen LogP contribution in [0.25, 0.3) is 0 Å². The second kappa shape index (κ2) is 9.75. The molecule has 134 valence electrons. The number of likely N-dealkylation sites (tertiary alicyclic amines) is 1. The Bertz CT molecular complexity index is 670. The van der Waals surface area contributed by atoms with Crippen molar-refractivity contribution in [1.29, 1.82) is 0 Å². The van der Waals surface area contributed by atoms with E-state index in [9.17, 15) is 0 Å². The number of hydrogen-bond acceptors (Lipinski definition) is 2. The van der Waals surface area contributed by atoms with Crippen molar-refractivity contribution in [3.05, 3.63) is 65.5 Å². The number of pyridine rings is 1. The lowest BCUT2D eigenvalue weighted by Gasteiger charge is -2.22. The van der Waals surface area contributed by atoms with Crippen LogP contribution in [0.4, 0.5) is 0 Å². The van der Waals surface area contributed by atoms with Crippen LogP contribution in [0.5, 0.6) is 0 Å². The minimum Gasteiger partial charge on any atom is -0.356 e. The summed E-state index contributed by atoms with van der Waals surface area (Å²) < 4.78 is 0. The quantitative estimate of drug-likeness (QED) is 0.440. The van der Waals surface area contributed by atoms with Gasteiger partial charge < -0.3 is 10.2 Å². The monoisotopic (exact) mass is 450 g/mol. The molecule has 1 aromatic heterocycles. The third kappa shape index (κ3) is 5.42. The minimum absolute atomic E-state index is 0. The fraction of sp³-hybridized carbons (Fsp3) is 0.400. The Morgan fingerprint density at radius 2 is 2.04 bits per heavy atom. The number of aliphatic imine (C=N–C) groups is 1. The maximum absolute atomic E-state index is 4.46. The summed E-state index contributed by atoms with van der Waals surface area (Å²) in [5, 5.41) is 3.49. The Labute approximate surface area is 167 Å². The zero-order valence-corrected chi connectivity index (χ0v) is 17.3. The fourth-order valence-electron chi connectivity index (χ4n) is 3.25. The first-order valence-corrected chi connectivity index (χ1v) is 8.68. The van der Waals surface area contributed by atoms with Crippen LogP contribution in [-0.2, 0) is 6.42 Å². The Balaban J connectivity index is 0.00000225. The number of aromatic nitrogens is 1. The van der Waals surface area contributed by atoms with Crippen molar-refractivity contribution in [2.45, 2.75) is 25.7 Å². The van der Waals surface area contributed by atoms with Crippen LogP contribution in [0.1, 0.15) is 29.2 Å². The maximum Gasteiger partial charge on any atom is 0.193 e. The first kappa shape index (κ1) is 19.7. The van der Waals surface area contributed by atoms with Crippen molar-refractivity contribution in [2.75, 3.05) is 26.7 Å². The molecule has 0 radical (unpaired) electrons. The fourth-order valence-corrected chi connectivity index (χ4v) is 3.25. The van der Waals surface area contributed by atoms with Gasteiger partial charge in [-0.2, -0.15) is 0 Å². The third-order valence-corrected chi connectivity index (χ3v) is 4.64. The van der Waals surface area contributed by atoms with Crippen molar-refractivity contribution in [1.82, 2.24) is 15.2 Å². The van der Waals surface area contributed by atoms with E-state index in [0.717, 1.165) is 37.7 Å². The van der Waals surface area contributed by atoms with E-state index in [1.165, 1.54) is 17.5 Å². The maximum atomic E-state index is 4.46. The lowest BCUT2D eigenvalue weighted by molar-refractivity contribution is 0.486. The molecule has 1 aromatic carbocycles. The van der Waals surface area contributed by atoms with Gasteiger partial charge in [0.25, 0.3) is 0 Å². The van der Waals surface area contributed by atoms with Crippen LogP contribution >= 0.6 is 24.0 Å². The van der Waals surface area contributed by atoms with Crippen LogP contribution in [-0.4, -0.2) is 42.5 Å². The summed E-state index contributed by atoms with van der Waals surface area (Å²) >= 11 is 0. The van der Waals surface area contributed by atoms with Gasteiger partial charge in [0.15, 0.2) is 5.96 Å². The van der Waals surface area contributed by atoms with Crippen LogP contribution in [0, 0.1) is 6.92 Å². The SMILES string of the molecule is CN=C(NCCc1ccc(C)nc1)N1CCC(c2ccccc2)C1.I. The number of aryl methyl sites for hydroxylation is 1. The van der Waals surface area contributed by atoms with E-state index in [0.29, 0.717) is 5.92 Å². The number of nitrogens with zero attached hydrogens (tertiary/aromatic N) is 3. The molecule has 1 atom stereocenters. The van der Waals surface area contributed by atoms with E-state index in [1.54, 1.807) is 0 Å². The molecule has 0 amide bonds. The van der Waals surface area contributed by atoms with E-state index in [1.807, 2.05) is 20.2 Å². The molecule has 0 saturated carbocycles. The predicted molar refractivity (Wildman–Crippen MR) is 115 cm³/mol. The first-order valence-electron chi connectivity index (χ1n) is 8.68. The Morgan fingerprint density at radius 1 is 1.24 bits per heavy atom. The van der Waals surface area contributed by atoms with Gasteiger partial charge in [-0.25, -0.2) is 0 Å². The minimum atomic E-state index is 0. The summed E-state index contributed by atoms with van der Waals surface area (Å²) in [5.41, 5.74) is 3.75. The summed E-state index contributed by atoms with van der Waals surface area (Å²) in [6.45, 7) is 4.99. The second-order valence-electron chi connectivity index (χ2n) is 6.37. The summed E-state index contributed by atoms with van der Waals surface area (Å²) in [6, 6.07) is 15.0. The zero-order chi connectivity index (χ0) is 16.8. The van der Waals surface area contributed by atoms with Gasteiger partial charge in [0.05, 0.1) is 0 Å². The average molecular weight is 450 g/mol. The molecular formula is C20H27IN4. The smallest absolute Gasteiger partial charge is 0.193 e. The summed E-state index contributed by atoms with van der Waals surface area (Å²) in [6.07, 6.45) is 4.11. The van der Waals surface area contributed by atoms with E-state index in [2.05, 4.69) is 62.7 Å². The predicted octanol–water partition coefficient (Wildman–Crippen LogP) is 3.62. The van der Waals surface area contributed by atoms with Crippen LogP contribution in [0.3, 0.4) is 0 Å². The van der Waals surface area contributed by atoms with Gasteiger partial charge in [0.1, 0.15) is 0 Å². The van der Waals surface area contributed by atoms with Gasteiger partial charge in [-0.3, -0.25) is 9.98 Å². The number of halogens is 1. The Morgan fingerprint density at radius 3 is 2.72 bits per heavy atom. The second-order valence-corrected chi connectivity index (χ2v) is 6.37. The number of benzene rings is 1. The van der Waals surface area contributed by atoms with E-state index >= 15 is 0 Å². The molecule has 5 heteroatoms. The zero-order valence-electron chi connectivity index (χ0n) is 15.0. The molecule has 1 fully saturated rings. The van der Waals surface area contributed by atoms with E-state index in [4.69, 9.17) is 0 Å². The molecular weight excluding hydrogens is 423 g/mol. The number of nitrogens with one attached hydrogen (secondary N) is 1. The van der Waals surface area contributed by atoms with Gasteiger partial charge in [-0.05, 0) is 37.0 Å². The lowest BCUT2D eigenvalue weighted by atomic mass is 9.99. The van der Waals surface area contributed by atoms with Crippen LogP contribution in [0.2, 0.25) is 0 Å². The van der Waals surface area contributed by atoms with Crippen molar-refractivity contribution >= 4 is 29.9 Å². The average Bonchev–Trinajstić information content (AvgIpc) is 3.11. The Kier molecular flexibility index (Phi) is 7.68. The van der Waals surface area contributed by atoms with Gasteiger partial charge >= 0.3 is 0 Å². The molecule has 1 aliphatic rings.